The monoisotopic (exact) mass is 328 g/mol. The van der Waals surface area contributed by atoms with Gasteiger partial charge < -0.3 is 14.5 Å². The van der Waals surface area contributed by atoms with Gasteiger partial charge in [0.25, 0.3) is 0 Å². The summed E-state index contributed by atoms with van der Waals surface area (Å²) in [7, 11) is 0. The zero-order valence-electron chi connectivity index (χ0n) is 13.9. The fraction of sp³-hybridized carbons (Fsp3) is 0.579. The lowest BCUT2D eigenvalue weighted by Crippen LogP contribution is -2.54. The average Bonchev–Trinajstić information content (AvgIpc) is 3.23. The Bertz CT molecular complexity index is 639. The van der Waals surface area contributed by atoms with Crippen molar-refractivity contribution in [2.45, 2.75) is 31.2 Å². The van der Waals surface area contributed by atoms with Gasteiger partial charge in [-0.3, -0.25) is 9.59 Å². The number of likely N-dealkylation sites (tertiary alicyclic amines) is 1. The fourth-order valence-corrected chi connectivity index (χ4v) is 4.24. The highest BCUT2D eigenvalue weighted by molar-refractivity contribution is 6.06. The summed E-state index contributed by atoms with van der Waals surface area (Å²) in [5, 5.41) is 0. The molecule has 2 fully saturated rings. The molecule has 1 amide bonds. The second kappa shape index (κ2) is 6.65. The number of ether oxygens (including phenoxy) is 1. The number of carbonyl (C=O) groups is 2. The number of hydrogen-bond donors (Lipinski definition) is 0. The molecular weight excluding hydrogens is 304 g/mol. The van der Waals surface area contributed by atoms with E-state index in [2.05, 4.69) is 4.90 Å². The third-order valence-corrected chi connectivity index (χ3v) is 5.50. The number of hydrogen-bond acceptors (Lipinski definition) is 4. The van der Waals surface area contributed by atoms with Crippen LogP contribution in [-0.2, 0) is 9.53 Å². The highest BCUT2D eigenvalue weighted by atomic mass is 16.5. The van der Waals surface area contributed by atoms with Crippen LogP contribution in [0.4, 0.5) is 0 Å². The number of Topliss-reactive ketones (excluding diaryl/α,β-unsaturated/α-hetero) is 1. The summed E-state index contributed by atoms with van der Waals surface area (Å²) in [5.74, 6) is -0.123. The summed E-state index contributed by atoms with van der Waals surface area (Å²) >= 11 is 0. The van der Waals surface area contributed by atoms with Crippen LogP contribution < -0.4 is 0 Å². The third-order valence-electron chi connectivity index (χ3n) is 5.50. The van der Waals surface area contributed by atoms with Crippen LogP contribution in [0.2, 0.25) is 0 Å². The molecule has 5 nitrogen and oxygen atoms in total. The van der Waals surface area contributed by atoms with E-state index in [1.807, 2.05) is 29.2 Å². The van der Waals surface area contributed by atoms with Gasteiger partial charge >= 0.3 is 0 Å². The Morgan fingerprint density at radius 2 is 1.96 bits per heavy atom. The summed E-state index contributed by atoms with van der Waals surface area (Å²) in [4.78, 5) is 29.8. The lowest BCUT2D eigenvalue weighted by Gasteiger charge is -2.39. The van der Waals surface area contributed by atoms with Gasteiger partial charge in [-0.15, -0.1) is 0 Å². The summed E-state index contributed by atoms with van der Waals surface area (Å²) in [6.07, 6.45) is 2.80. The Kier molecular flexibility index (Phi) is 4.37. The number of morpholine rings is 1. The maximum atomic E-state index is 13.2. The third kappa shape index (κ3) is 2.87. The Morgan fingerprint density at radius 3 is 2.79 bits per heavy atom. The van der Waals surface area contributed by atoms with Crippen LogP contribution in [0.25, 0.3) is 0 Å². The number of carbonyl (C=O) groups excluding carboxylic acids is 2. The van der Waals surface area contributed by atoms with E-state index in [-0.39, 0.29) is 23.7 Å². The van der Waals surface area contributed by atoms with Gasteiger partial charge in [0.2, 0.25) is 5.91 Å². The average molecular weight is 328 g/mol. The predicted octanol–water partition coefficient (Wildman–Crippen LogP) is 1.68. The molecule has 1 aromatic carbocycles. The lowest BCUT2D eigenvalue weighted by molar-refractivity contribution is -0.142. The first kappa shape index (κ1) is 15.8. The molecule has 4 rings (SSSR count). The maximum Gasteiger partial charge on any atom is 0.231 e. The van der Waals surface area contributed by atoms with Crippen LogP contribution in [0, 0.1) is 0 Å². The summed E-state index contributed by atoms with van der Waals surface area (Å²) in [6.45, 7) is 4.93. The molecule has 3 aliphatic rings. The molecule has 2 atom stereocenters. The van der Waals surface area contributed by atoms with Crippen LogP contribution in [0.1, 0.15) is 41.1 Å². The molecule has 2 aliphatic heterocycles. The predicted molar refractivity (Wildman–Crippen MR) is 90.1 cm³/mol. The van der Waals surface area contributed by atoms with Gasteiger partial charge in [-0.25, -0.2) is 0 Å². The molecule has 0 bridgehead atoms. The normalized spacial score (nSPS) is 27.5. The second-order valence-electron chi connectivity index (χ2n) is 7.04. The van der Waals surface area contributed by atoms with E-state index < -0.39 is 0 Å². The van der Waals surface area contributed by atoms with E-state index >= 15 is 0 Å². The molecule has 1 aliphatic carbocycles. The van der Waals surface area contributed by atoms with Crippen molar-refractivity contribution in [2.75, 3.05) is 39.4 Å². The number of amides is 1. The summed E-state index contributed by atoms with van der Waals surface area (Å²) in [5.41, 5.74) is 1.62. The fourth-order valence-electron chi connectivity index (χ4n) is 4.24. The number of nitrogens with zero attached hydrogens (tertiary/aromatic N) is 2. The quantitative estimate of drug-likeness (QED) is 0.847. The van der Waals surface area contributed by atoms with Crippen LogP contribution in [0.5, 0.6) is 0 Å². The molecule has 0 spiro atoms. The largest absolute Gasteiger partial charge is 0.377 e. The zero-order chi connectivity index (χ0) is 16.5. The maximum absolute atomic E-state index is 13.2. The molecular formula is C19H24N2O3. The van der Waals surface area contributed by atoms with E-state index in [0.717, 1.165) is 30.8 Å². The highest BCUT2D eigenvalue weighted by Gasteiger charge is 2.39. The van der Waals surface area contributed by atoms with Crippen molar-refractivity contribution in [3.63, 3.8) is 0 Å². The number of fused-ring (bicyclic) bond motifs is 1. The molecule has 5 heteroatoms. The summed E-state index contributed by atoms with van der Waals surface area (Å²) < 4.78 is 5.64. The van der Waals surface area contributed by atoms with E-state index in [0.29, 0.717) is 26.2 Å². The van der Waals surface area contributed by atoms with Crippen molar-refractivity contribution >= 4 is 11.7 Å². The Hall–Kier alpha value is -1.72. The first-order valence-electron chi connectivity index (χ1n) is 8.97. The number of rotatable bonds is 3. The van der Waals surface area contributed by atoms with Crippen LogP contribution in [0.15, 0.2) is 24.3 Å². The molecule has 2 saturated heterocycles. The number of benzene rings is 1. The Morgan fingerprint density at radius 1 is 1.17 bits per heavy atom. The lowest BCUT2D eigenvalue weighted by atomic mass is 9.98. The topological polar surface area (TPSA) is 49.9 Å². The molecule has 1 aromatic rings. The van der Waals surface area contributed by atoms with Crippen molar-refractivity contribution in [3.8, 4) is 0 Å². The van der Waals surface area contributed by atoms with E-state index in [1.165, 1.54) is 12.8 Å². The zero-order valence-corrected chi connectivity index (χ0v) is 13.9. The Balaban J connectivity index is 1.52. The summed E-state index contributed by atoms with van der Waals surface area (Å²) in [6, 6.07) is 7.66. The Labute approximate surface area is 142 Å². The molecule has 0 N–H and O–H groups in total. The van der Waals surface area contributed by atoms with Crippen LogP contribution in [-0.4, -0.2) is 66.9 Å². The van der Waals surface area contributed by atoms with Gasteiger partial charge in [0.05, 0.1) is 25.2 Å². The van der Waals surface area contributed by atoms with Crippen molar-refractivity contribution in [1.82, 2.24) is 9.80 Å². The van der Waals surface area contributed by atoms with Crippen molar-refractivity contribution < 1.29 is 14.3 Å². The smallest absolute Gasteiger partial charge is 0.231 e. The van der Waals surface area contributed by atoms with E-state index in [4.69, 9.17) is 4.74 Å². The highest BCUT2D eigenvalue weighted by Crippen LogP contribution is 2.35. The minimum Gasteiger partial charge on any atom is -0.377 e. The number of ketones is 1. The second-order valence-corrected chi connectivity index (χ2v) is 7.04. The molecule has 0 saturated carbocycles. The molecule has 2 unspecified atom stereocenters. The van der Waals surface area contributed by atoms with Crippen LogP contribution in [0.3, 0.4) is 0 Å². The van der Waals surface area contributed by atoms with Crippen molar-refractivity contribution in [3.05, 3.63) is 35.4 Å². The minimum absolute atomic E-state index is 0.0910. The minimum atomic E-state index is -0.312. The standard InChI is InChI=1S/C19H24N2O3/c22-18-11-17(15-5-1-2-6-16(15)18)19(23)21-9-10-24-13-14(21)12-20-7-3-4-8-20/h1-2,5-6,14,17H,3-4,7-13H2. The van der Waals surface area contributed by atoms with Crippen molar-refractivity contribution in [2.24, 2.45) is 0 Å². The van der Waals surface area contributed by atoms with Gasteiger partial charge in [-0.05, 0) is 31.5 Å². The van der Waals surface area contributed by atoms with E-state index in [9.17, 15) is 9.59 Å². The van der Waals surface area contributed by atoms with Crippen molar-refractivity contribution in [1.29, 1.82) is 0 Å². The first-order chi connectivity index (χ1) is 11.7. The molecule has 2 heterocycles. The van der Waals surface area contributed by atoms with Gasteiger partial charge in [0.1, 0.15) is 0 Å². The SMILES string of the molecule is O=C1CC(C(=O)N2CCOCC2CN2CCCC2)c2ccccc21. The molecule has 24 heavy (non-hydrogen) atoms. The van der Waals surface area contributed by atoms with Gasteiger partial charge in [-0.2, -0.15) is 0 Å². The molecule has 0 radical (unpaired) electrons. The first-order valence-corrected chi connectivity index (χ1v) is 8.97. The van der Waals surface area contributed by atoms with Gasteiger partial charge in [0, 0.05) is 25.1 Å². The molecule has 128 valence electrons. The van der Waals surface area contributed by atoms with E-state index in [1.54, 1.807) is 0 Å². The van der Waals surface area contributed by atoms with Crippen LogP contribution >= 0.6 is 0 Å². The van der Waals surface area contributed by atoms with Gasteiger partial charge in [-0.1, -0.05) is 24.3 Å². The van der Waals surface area contributed by atoms with Gasteiger partial charge in [0.15, 0.2) is 5.78 Å². The molecule has 0 aromatic heterocycles.